The summed E-state index contributed by atoms with van der Waals surface area (Å²) in [7, 11) is 4.11. The highest BCUT2D eigenvalue weighted by Crippen LogP contribution is 2.36. The molecule has 1 aliphatic carbocycles. The van der Waals surface area contributed by atoms with Gasteiger partial charge < -0.3 is 9.88 Å². The number of benzene rings is 1. The predicted molar refractivity (Wildman–Crippen MR) is 101 cm³/mol. The minimum Gasteiger partial charge on any atom is -0.358 e. The second kappa shape index (κ2) is 6.75. The van der Waals surface area contributed by atoms with Crippen LogP contribution in [0.25, 0.3) is 10.9 Å². The molecule has 0 unspecified atom stereocenters. The molecule has 2 aromatic rings. The van der Waals surface area contributed by atoms with Crippen LogP contribution in [-0.4, -0.2) is 42.1 Å². The zero-order valence-electron chi connectivity index (χ0n) is 15.7. The van der Waals surface area contributed by atoms with E-state index >= 15 is 0 Å². The van der Waals surface area contributed by atoms with Gasteiger partial charge in [0, 0.05) is 42.4 Å². The molecule has 1 aromatic carbocycles. The van der Waals surface area contributed by atoms with Gasteiger partial charge in [0.2, 0.25) is 0 Å². The third-order valence-corrected chi connectivity index (χ3v) is 5.20. The van der Waals surface area contributed by atoms with Crippen molar-refractivity contribution in [2.75, 3.05) is 20.6 Å². The Bertz CT molecular complexity index is 781. The van der Waals surface area contributed by atoms with E-state index < -0.39 is 5.92 Å². The summed E-state index contributed by atoms with van der Waals surface area (Å²) in [4.78, 5) is 30.9. The molecular formula is C21H28N2O2. The quantitative estimate of drug-likeness (QED) is 0.849. The number of nitrogens with zero attached hydrogens (tertiary/aromatic N) is 1. The van der Waals surface area contributed by atoms with Gasteiger partial charge in [-0.1, -0.05) is 32.0 Å². The summed E-state index contributed by atoms with van der Waals surface area (Å²) in [5, 5.41) is 1.14. The van der Waals surface area contributed by atoms with Gasteiger partial charge in [-0.25, -0.2) is 0 Å². The number of likely N-dealkylation sites (N-methyl/N-ethyl adjacent to an activating group) is 1. The number of Topliss-reactive ketones (excluding diaryl/α,β-unsaturated/α-hetero) is 2. The molecular weight excluding hydrogens is 312 g/mol. The second-order valence-electron chi connectivity index (χ2n) is 8.39. The summed E-state index contributed by atoms with van der Waals surface area (Å²) in [6, 6.07) is 8.18. The SMILES string of the molecule is CN(C)CCc1[nH]c2ccccc2c1CC1C(=O)CC(C)(C)CC1=O. The summed E-state index contributed by atoms with van der Waals surface area (Å²) in [6.45, 7) is 4.94. The first-order chi connectivity index (χ1) is 11.8. The van der Waals surface area contributed by atoms with Gasteiger partial charge >= 0.3 is 0 Å². The zero-order chi connectivity index (χ0) is 18.2. The van der Waals surface area contributed by atoms with Crippen LogP contribution >= 0.6 is 0 Å². The number of para-hydroxylation sites is 1. The molecule has 1 fully saturated rings. The molecule has 0 aliphatic heterocycles. The molecule has 1 N–H and O–H groups in total. The lowest BCUT2D eigenvalue weighted by molar-refractivity contribution is -0.139. The molecule has 0 atom stereocenters. The van der Waals surface area contributed by atoms with Crippen molar-refractivity contribution in [1.82, 2.24) is 9.88 Å². The van der Waals surface area contributed by atoms with Crippen LogP contribution in [0.4, 0.5) is 0 Å². The van der Waals surface area contributed by atoms with Crippen molar-refractivity contribution in [2.45, 2.75) is 39.5 Å². The lowest BCUT2D eigenvalue weighted by atomic mass is 9.70. The fraction of sp³-hybridized carbons (Fsp3) is 0.524. The predicted octanol–water partition coefficient (Wildman–Crippen LogP) is 3.39. The summed E-state index contributed by atoms with van der Waals surface area (Å²) < 4.78 is 0. The first-order valence-electron chi connectivity index (χ1n) is 9.05. The van der Waals surface area contributed by atoms with Crippen molar-refractivity contribution in [2.24, 2.45) is 11.3 Å². The Labute approximate surface area is 149 Å². The molecule has 4 nitrogen and oxygen atoms in total. The highest BCUT2D eigenvalue weighted by molar-refractivity contribution is 6.05. The van der Waals surface area contributed by atoms with Crippen molar-refractivity contribution >= 4 is 22.5 Å². The Balaban J connectivity index is 1.93. The maximum absolute atomic E-state index is 12.6. The van der Waals surface area contributed by atoms with Crippen molar-refractivity contribution in [3.05, 3.63) is 35.5 Å². The highest BCUT2D eigenvalue weighted by Gasteiger charge is 2.40. The molecule has 25 heavy (non-hydrogen) atoms. The van der Waals surface area contributed by atoms with Crippen molar-refractivity contribution < 1.29 is 9.59 Å². The minimum atomic E-state index is -0.481. The van der Waals surface area contributed by atoms with Gasteiger partial charge in [-0.05, 0) is 37.6 Å². The summed E-state index contributed by atoms with van der Waals surface area (Å²) in [5.41, 5.74) is 3.19. The van der Waals surface area contributed by atoms with Crippen molar-refractivity contribution in [1.29, 1.82) is 0 Å². The molecule has 0 amide bonds. The van der Waals surface area contributed by atoms with Crippen LogP contribution in [-0.2, 0) is 22.4 Å². The molecule has 0 saturated heterocycles. The van der Waals surface area contributed by atoms with Gasteiger partial charge in [0.1, 0.15) is 11.6 Å². The van der Waals surface area contributed by atoms with E-state index in [4.69, 9.17) is 0 Å². The number of carbonyl (C=O) groups is 2. The second-order valence-corrected chi connectivity index (χ2v) is 8.39. The lowest BCUT2D eigenvalue weighted by Crippen LogP contribution is -2.38. The monoisotopic (exact) mass is 340 g/mol. The van der Waals surface area contributed by atoms with Crippen LogP contribution in [0.1, 0.15) is 37.9 Å². The molecule has 134 valence electrons. The maximum Gasteiger partial charge on any atom is 0.144 e. The number of fused-ring (bicyclic) bond motifs is 1. The summed E-state index contributed by atoms with van der Waals surface area (Å²) >= 11 is 0. The topological polar surface area (TPSA) is 53.2 Å². The number of H-pyrrole nitrogens is 1. The van der Waals surface area contributed by atoms with Crippen molar-refractivity contribution in [3.63, 3.8) is 0 Å². The maximum atomic E-state index is 12.6. The molecule has 1 aromatic heterocycles. The van der Waals surface area contributed by atoms with Crippen LogP contribution < -0.4 is 0 Å². The highest BCUT2D eigenvalue weighted by atomic mass is 16.2. The van der Waals surface area contributed by atoms with Gasteiger partial charge in [0.25, 0.3) is 0 Å². The smallest absolute Gasteiger partial charge is 0.144 e. The standard InChI is InChI=1S/C21H28N2O2/c1-21(2)12-19(24)16(20(25)13-21)11-15-14-7-5-6-8-17(14)22-18(15)9-10-23(3)4/h5-8,16,22H,9-13H2,1-4H3. The van der Waals surface area contributed by atoms with E-state index in [-0.39, 0.29) is 17.0 Å². The van der Waals surface area contributed by atoms with Gasteiger partial charge in [-0.15, -0.1) is 0 Å². The third kappa shape index (κ3) is 3.84. The number of aromatic amines is 1. The Morgan fingerprint density at radius 2 is 1.76 bits per heavy atom. The minimum absolute atomic E-state index is 0.102. The lowest BCUT2D eigenvalue weighted by Gasteiger charge is -2.32. The van der Waals surface area contributed by atoms with Gasteiger partial charge in [-0.2, -0.15) is 0 Å². The molecule has 0 bridgehead atoms. The van der Waals surface area contributed by atoms with E-state index in [0.29, 0.717) is 19.3 Å². The van der Waals surface area contributed by atoms with E-state index in [2.05, 4.69) is 36.1 Å². The first-order valence-corrected chi connectivity index (χ1v) is 9.05. The number of hydrogen-bond donors (Lipinski definition) is 1. The van der Waals surface area contributed by atoms with Crippen molar-refractivity contribution in [3.8, 4) is 0 Å². The average Bonchev–Trinajstić information content (AvgIpc) is 2.85. The summed E-state index contributed by atoms with van der Waals surface area (Å²) in [5.74, 6) is -0.277. The number of rotatable bonds is 5. The van der Waals surface area contributed by atoms with E-state index in [1.165, 1.54) is 0 Å². The van der Waals surface area contributed by atoms with E-state index in [1.54, 1.807) is 0 Å². The third-order valence-electron chi connectivity index (χ3n) is 5.20. The van der Waals surface area contributed by atoms with Gasteiger partial charge in [-0.3, -0.25) is 9.59 Å². The molecule has 0 radical (unpaired) electrons. The largest absolute Gasteiger partial charge is 0.358 e. The molecule has 3 rings (SSSR count). The number of hydrogen-bond acceptors (Lipinski definition) is 3. The summed E-state index contributed by atoms with van der Waals surface area (Å²) in [6.07, 6.45) is 2.41. The average molecular weight is 340 g/mol. The molecule has 4 heteroatoms. The van der Waals surface area contributed by atoms with Crippen LogP contribution in [0.5, 0.6) is 0 Å². The Hall–Kier alpha value is -1.94. The zero-order valence-corrected chi connectivity index (χ0v) is 15.7. The molecule has 1 saturated carbocycles. The fourth-order valence-electron chi connectivity index (χ4n) is 3.90. The Morgan fingerprint density at radius 3 is 2.40 bits per heavy atom. The van der Waals surface area contributed by atoms with Crippen LogP contribution in [0.3, 0.4) is 0 Å². The number of nitrogens with one attached hydrogen (secondary N) is 1. The van der Waals surface area contributed by atoms with E-state index in [9.17, 15) is 9.59 Å². The van der Waals surface area contributed by atoms with Gasteiger partial charge in [0.15, 0.2) is 0 Å². The first kappa shape index (κ1) is 17.9. The Morgan fingerprint density at radius 1 is 1.12 bits per heavy atom. The number of aromatic nitrogens is 1. The number of ketones is 2. The van der Waals surface area contributed by atoms with E-state index in [0.717, 1.165) is 35.1 Å². The van der Waals surface area contributed by atoms with Crippen LogP contribution in [0, 0.1) is 11.3 Å². The normalized spacial score (nSPS) is 18.4. The van der Waals surface area contributed by atoms with Crippen LogP contribution in [0.2, 0.25) is 0 Å². The molecule has 1 aliphatic rings. The molecule has 1 heterocycles. The number of carbonyl (C=O) groups excluding carboxylic acids is 2. The molecule has 0 spiro atoms. The van der Waals surface area contributed by atoms with Crippen LogP contribution in [0.15, 0.2) is 24.3 Å². The Kier molecular flexibility index (Phi) is 4.83. The van der Waals surface area contributed by atoms with E-state index in [1.807, 2.05) is 26.0 Å². The fourth-order valence-corrected chi connectivity index (χ4v) is 3.90. The van der Waals surface area contributed by atoms with Gasteiger partial charge in [0.05, 0.1) is 5.92 Å².